The molecule has 0 spiro atoms. The highest BCUT2D eigenvalue weighted by Gasteiger charge is 2.63. The van der Waals surface area contributed by atoms with Crippen LogP contribution in [0, 0.1) is 0 Å². The molecule has 6 rings (SSSR count). The van der Waals surface area contributed by atoms with Gasteiger partial charge in [0.25, 0.3) is 11.7 Å². The fourth-order valence-corrected chi connectivity index (χ4v) is 10.1. The van der Waals surface area contributed by atoms with Crippen molar-refractivity contribution in [3.05, 3.63) is 95.0 Å². The number of hydrogen-bond acceptors (Lipinski definition) is 24. The van der Waals surface area contributed by atoms with Crippen LogP contribution in [0.1, 0.15) is 84.2 Å². The van der Waals surface area contributed by atoms with Crippen LogP contribution in [-0.4, -0.2) is 178 Å². The molecule has 27 heteroatoms. The summed E-state index contributed by atoms with van der Waals surface area (Å²) in [7, 11) is 0.901. The molecule has 462 valence electrons. The Kier molecular flexibility index (Phi) is 24.3. The van der Waals surface area contributed by atoms with Gasteiger partial charge < -0.3 is 76.9 Å². The predicted molar refractivity (Wildman–Crippen MR) is 290 cm³/mol. The van der Waals surface area contributed by atoms with E-state index in [1.54, 1.807) is 0 Å². The average molecular weight is 1210 g/mol. The molecule has 0 aliphatic carbocycles. The quantitative estimate of drug-likeness (QED) is 0.0956. The van der Waals surface area contributed by atoms with Crippen molar-refractivity contribution in [3.63, 3.8) is 0 Å². The zero-order valence-electron chi connectivity index (χ0n) is 48.1. The highest BCUT2D eigenvalue weighted by Crippen LogP contribution is 2.42. The molecule has 3 aliphatic rings. The maximum absolute atomic E-state index is 14.9. The highest BCUT2D eigenvalue weighted by atomic mass is 35.5. The van der Waals surface area contributed by atoms with Crippen LogP contribution in [0.4, 0.5) is 0 Å². The summed E-state index contributed by atoms with van der Waals surface area (Å²) >= 11 is 6.04. The van der Waals surface area contributed by atoms with Crippen molar-refractivity contribution in [2.45, 2.75) is 160 Å². The summed E-state index contributed by atoms with van der Waals surface area (Å²) in [6.07, 6.45) is -21.4. The Balaban J connectivity index is 1.44. The number of carbonyl (C=O) groups is 10. The number of rotatable bonds is 24. The lowest BCUT2D eigenvalue weighted by Crippen LogP contribution is -2.72. The van der Waals surface area contributed by atoms with E-state index in [-0.39, 0.29) is 31.8 Å². The molecule has 14 atom stereocenters. The summed E-state index contributed by atoms with van der Waals surface area (Å²) in [6, 6.07) is 21.4. The van der Waals surface area contributed by atoms with E-state index in [9.17, 15) is 47.9 Å². The first-order chi connectivity index (χ1) is 40.4. The van der Waals surface area contributed by atoms with E-state index in [0.29, 0.717) is 5.02 Å². The number of hydrogen-bond donors (Lipinski definition) is 2. The largest absolute Gasteiger partial charge is 0.465 e. The number of ether oxygens (including phenoxy) is 14. The average Bonchev–Trinajstić information content (AvgIpc) is 2.46. The Morgan fingerprint density at radius 3 is 1.85 bits per heavy atom. The minimum atomic E-state index is -3.04. The third kappa shape index (κ3) is 19.0. The third-order valence-electron chi connectivity index (χ3n) is 13.3. The van der Waals surface area contributed by atoms with Crippen LogP contribution < -0.4 is 10.6 Å². The third-order valence-corrected chi connectivity index (χ3v) is 13.5. The second-order valence-electron chi connectivity index (χ2n) is 19.9. The van der Waals surface area contributed by atoms with E-state index in [2.05, 4.69) is 10.6 Å². The van der Waals surface area contributed by atoms with Gasteiger partial charge in [0.2, 0.25) is 5.91 Å². The van der Waals surface area contributed by atoms with Crippen molar-refractivity contribution < 1.29 is 114 Å². The molecular weight excluding hydrogens is 1140 g/mol. The fourth-order valence-electron chi connectivity index (χ4n) is 9.93. The molecule has 3 fully saturated rings. The van der Waals surface area contributed by atoms with E-state index >= 15 is 0 Å². The van der Waals surface area contributed by atoms with Gasteiger partial charge in [0.15, 0.2) is 36.8 Å². The maximum atomic E-state index is 14.9. The van der Waals surface area contributed by atoms with Crippen molar-refractivity contribution in [2.24, 2.45) is 0 Å². The van der Waals surface area contributed by atoms with Crippen molar-refractivity contribution in [2.75, 3.05) is 33.5 Å². The van der Waals surface area contributed by atoms with E-state index in [1.807, 2.05) is 54.6 Å². The van der Waals surface area contributed by atoms with Gasteiger partial charge in [0.05, 0.1) is 39.3 Å². The zero-order chi connectivity index (χ0) is 62.1. The first-order valence-electron chi connectivity index (χ1n) is 26.9. The van der Waals surface area contributed by atoms with Crippen LogP contribution in [0.5, 0.6) is 0 Å². The van der Waals surface area contributed by atoms with E-state index in [1.165, 1.54) is 24.3 Å². The molecule has 3 aliphatic heterocycles. The van der Waals surface area contributed by atoms with Gasteiger partial charge in [-0.3, -0.25) is 43.2 Å². The summed E-state index contributed by atoms with van der Waals surface area (Å²) in [5.74, 6) is -12.8. The number of esters is 8. The summed E-state index contributed by atoms with van der Waals surface area (Å²) in [5.41, 5.74) is 2.91. The van der Waals surface area contributed by atoms with Gasteiger partial charge in [0, 0.05) is 79.0 Å². The predicted octanol–water partition coefficient (Wildman–Crippen LogP) is 3.55. The zero-order valence-corrected chi connectivity index (χ0v) is 48.9. The Hall–Kier alpha value is -7.59. The van der Waals surface area contributed by atoms with Gasteiger partial charge in [-0.25, -0.2) is 4.79 Å². The van der Waals surface area contributed by atoms with Gasteiger partial charge in [-0.1, -0.05) is 66.2 Å². The second-order valence-corrected chi connectivity index (χ2v) is 20.4. The number of methoxy groups -OCH3 is 1. The van der Waals surface area contributed by atoms with Gasteiger partial charge in [-0.15, -0.1) is 0 Å². The van der Waals surface area contributed by atoms with Crippen LogP contribution in [0.25, 0.3) is 11.1 Å². The molecule has 3 aromatic rings. The molecule has 26 nitrogen and oxygen atoms in total. The first-order valence-corrected chi connectivity index (χ1v) is 27.3. The second kappa shape index (κ2) is 31.0. The maximum Gasteiger partial charge on any atom is 0.366 e. The number of amides is 2. The highest BCUT2D eigenvalue weighted by molar-refractivity contribution is 6.30. The monoisotopic (exact) mass is 1210 g/mol. The molecule has 0 unspecified atom stereocenters. The lowest BCUT2D eigenvalue weighted by Gasteiger charge is -2.52. The summed E-state index contributed by atoms with van der Waals surface area (Å²) in [6.45, 7) is 6.76. The van der Waals surface area contributed by atoms with Crippen molar-refractivity contribution in [1.29, 1.82) is 0 Å². The molecular formula is C58H69ClN2O24. The number of halogens is 1. The van der Waals surface area contributed by atoms with E-state index in [0.717, 1.165) is 79.2 Å². The number of nitrogens with one attached hydrogen (secondary N) is 2. The topological polar surface area (TPSA) is 324 Å². The molecule has 3 heterocycles. The molecule has 85 heavy (non-hydrogen) atoms. The minimum absolute atomic E-state index is 0.0117. The normalized spacial score (nSPS) is 26.1. The van der Waals surface area contributed by atoms with Crippen molar-refractivity contribution in [1.82, 2.24) is 10.6 Å². The van der Waals surface area contributed by atoms with Crippen LogP contribution in [0.3, 0.4) is 0 Å². The van der Waals surface area contributed by atoms with Gasteiger partial charge >= 0.3 is 47.8 Å². The van der Waals surface area contributed by atoms with Gasteiger partial charge in [0.1, 0.15) is 43.2 Å². The summed E-state index contributed by atoms with van der Waals surface area (Å²) in [4.78, 5) is 133. The Bertz CT molecular complexity index is 2840. The van der Waals surface area contributed by atoms with Crippen molar-refractivity contribution in [3.8, 4) is 11.1 Å². The minimum Gasteiger partial charge on any atom is -0.465 e. The van der Waals surface area contributed by atoms with E-state index < -0.39 is 164 Å². The molecule has 3 saturated heterocycles. The standard InChI is InChI=1S/C58H69ClN2O24/c1-30(62)61-48-44(76-32(3)64)25-58(57(71)72-9,84-52(48)50(79-35(6)67)45(77-33(4)65)26-60-55(70)41-19-21-42(59)22-20-41)85-53-51(80-36(7)68)47(29-75-31(2)63)83-56(54(53)81-37(8)69)82-43-23-24-74-46(49(43)78-34(5)66)28-73-27-38-15-17-40(18-16-38)39-13-11-10-12-14-39/h10-22,43-54,56H,23-29H2,1-9H3,(H,60,70)(H,61,62)/t43-,44+,45-,46-,47-,48-,49-,50-,51+,52-,53+,54-,56-,58+/m1/s1. The van der Waals surface area contributed by atoms with Gasteiger partial charge in [-0.2, -0.15) is 0 Å². The van der Waals surface area contributed by atoms with E-state index in [4.69, 9.17) is 77.9 Å². The first kappa shape index (κ1) is 66.5. The Morgan fingerprint density at radius 1 is 0.647 bits per heavy atom. The number of carbonyl (C=O) groups excluding carboxylic acids is 10. The number of benzene rings is 3. The van der Waals surface area contributed by atoms with Gasteiger partial charge in [-0.05, 0) is 41.0 Å². The molecule has 0 radical (unpaired) electrons. The Labute approximate surface area is 494 Å². The fraction of sp³-hybridized carbons (Fsp3) is 0.517. The lowest BCUT2D eigenvalue weighted by molar-refractivity contribution is -0.377. The molecule has 2 amide bonds. The smallest absolute Gasteiger partial charge is 0.366 e. The molecule has 2 N–H and O–H groups in total. The van der Waals surface area contributed by atoms with Crippen molar-refractivity contribution >= 4 is 71.2 Å². The SMILES string of the molecule is COC(=O)[C@@]1(O[C@H]2[C@@H](OC(C)=O)[C@@H](COC(C)=O)O[C@@H](O[C@@H]3CCO[C@H](COCc4ccc(-c5ccccc5)cc4)[C@@H]3OC(C)=O)[C@@H]2OC(C)=O)C[C@H](OC(C)=O)[C@@H](NC(C)=O)[C@H]([C@H](OC(C)=O)[C@@H](CNC(=O)c2ccc(Cl)cc2)OC(C)=O)O1. The molecule has 3 aromatic carbocycles. The lowest BCUT2D eigenvalue weighted by atomic mass is 9.87. The molecule has 0 bridgehead atoms. The molecule has 0 saturated carbocycles. The summed E-state index contributed by atoms with van der Waals surface area (Å²) in [5, 5.41) is 5.48. The van der Waals surface area contributed by atoms with Crippen LogP contribution in [-0.2, 0) is 116 Å². The molecule has 0 aromatic heterocycles. The van der Waals surface area contributed by atoms with Crippen LogP contribution in [0.2, 0.25) is 5.02 Å². The Morgan fingerprint density at radius 2 is 1.26 bits per heavy atom. The summed E-state index contributed by atoms with van der Waals surface area (Å²) < 4.78 is 84.1. The van der Waals surface area contributed by atoms with Crippen LogP contribution >= 0.6 is 11.6 Å². The van der Waals surface area contributed by atoms with Crippen LogP contribution in [0.15, 0.2) is 78.9 Å².